The van der Waals surface area contributed by atoms with E-state index in [-0.39, 0.29) is 5.16 Å². The maximum absolute atomic E-state index is 6.04. The van der Waals surface area contributed by atoms with Gasteiger partial charge in [0.05, 0.1) is 34.2 Å². The van der Waals surface area contributed by atoms with E-state index in [2.05, 4.69) is 165 Å². The molecule has 4 nitrogen and oxygen atoms in total. The Morgan fingerprint density at radius 3 is 1.60 bits per heavy atom. The number of rotatable bonds is 13. The van der Waals surface area contributed by atoms with Crippen LogP contribution in [0.2, 0.25) is 0 Å². The van der Waals surface area contributed by atoms with Gasteiger partial charge in [0.2, 0.25) is 0 Å². The molecule has 0 aliphatic rings. The van der Waals surface area contributed by atoms with E-state index >= 15 is 0 Å². The average Bonchev–Trinajstić information content (AvgIpc) is 3.69. The van der Waals surface area contributed by atoms with Crippen LogP contribution in [0.1, 0.15) is 54.8 Å². The zero-order valence-electron chi connectivity index (χ0n) is 27.8. The Morgan fingerprint density at radius 1 is 0.660 bits per heavy atom. The molecule has 0 amide bonds. The first kappa shape index (κ1) is 33.6. The summed E-state index contributed by atoms with van der Waals surface area (Å²) in [5.74, 6) is 2.29. The third kappa shape index (κ3) is 8.72. The Balaban J connectivity index is 0.000000257. The van der Waals surface area contributed by atoms with E-state index in [1.165, 1.54) is 27.4 Å². The van der Waals surface area contributed by atoms with Gasteiger partial charge in [-0.25, -0.2) is 4.98 Å². The lowest BCUT2D eigenvalue weighted by Crippen LogP contribution is -2.46. The fourth-order valence-corrected chi connectivity index (χ4v) is 8.25. The van der Waals surface area contributed by atoms with Crippen LogP contribution in [-0.4, -0.2) is 40.1 Å². The van der Waals surface area contributed by atoms with Gasteiger partial charge in [0.25, 0.3) is 0 Å². The maximum Gasteiger partial charge on any atom is 0.119 e. The van der Waals surface area contributed by atoms with E-state index in [1.54, 1.807) is 0 Å². The van der Waals surface area contributed by atoms with Crippen LogP contribution < -0.4 is 14.7 Å². The Morgan fingerprint density at radius 2 is 1.15 bits per heavy atom. The molecule has 0 saturated heterocycles. The van der Waals surface area contributed by atoms with Crippen molar-refractivity contribution in [2.24, 2.45) is 0 Å². The third-order valence-corrected chi connectivity index (χ3v) is 11.0. The van der Waals surface area contributed by atoms with Gasteiger partial charge in [0, 0.05) is 12.4 Å². The van der Waals surface area contributed by atoms with Crippen molar-refractivity contribution in [1.29, 1.82) is 0 Å². The molecule has 0 radical (unpaired) electrons. The summed E-state index contributed by atoms with van der Waals surface area (Å²) in [6, 6.07) is 49.1. The van der Waals surface area contributed by atoms with Crippen molar-refractivity contribution in [2.75, 3.05) is 13.2 Å². The van der Waals surface area contributed by atoms with E-state index < -0.39 is 9.52 Å². The topological polar surface area (TPSA) is 36.3 Å². The van der Waals surface area contributed by atoms with Gasteiger partial charge in [-0.05, 0) is 65.2 Å². The highest BCUT2D eigenvalue weighted by atomic mass is 28.2. The molecule has 0 bridgehead atoms. The number of aromatic nitrogens is 2. The van der Waals surface area contributed by atoms with Crippen molar-refractivity contribution in [1.82, 2.24) is 9.55 Å². The van der Waals surface area contributed by atoms with Crippen molar-refractivity contribution in [3.8, 4) is 11.5 Å². The molecular formula is C41H45BN2O2Si. The van der Waals surface area contributed by atoms with Gasteiger partial charge in [-0.3, -0.25) is 0 Å². The summed E-state index contributed by atoms with van der Waals surface area (Å²) in [7, 11) is 1.31. The van der Waals surface area contributed by atoms with E-state index in [0.29, 0.717) is 19.0 Å². The molecule has 6 rings (SSSR count). The zero-order chi connectivity index (χ0) is 32.7. The van der Waals surface area contributed by atoms with Gasteiger partial charge in [-0.15, -0.1) is 0 Å². The molecule has 0 saturated carbocycles. The van der Waals surface area contributed by atoms with Gasteiger partial charge >= 0.3 is 0 Å². The van der Waals surface area contributed by atoms with E-state index in [1.807, 2.05) is 24.7 Å². The predicted octanol–water partition coefficient (Wildman–Crippen LogP) is 7.11. The van der Waals surface area contributed by atoms with Gasteiger partial charge in [0.15, 0.2) is 0 Å². The number of nitrogens with zero attached hydrogens (tertiary/aromatic N) is 2. The second-order valence-electron chi connectivity index (χ2n) is 11.8. The Hall–Kier alpha value is -4.81. The number of benzene rings is 5. The second-order valence-corrected chi connectivity index (χ2v) is 14.0. The third-order valence-electron chi connectivity index (χ3n) is 8.42. The predicted molar refractivity (Wildman–Crippen MR) is 201 cm³/mol. The van der Waals surface area contributed by atoms with Gasteiger partial charge in [-0.1, -0.05) is 134 Å². The molecule has 0 aliphatic heterocycles. The van der Waals surface area contributed by atoms with Crippen LogP contribution in [0.15, 0.2) is 158 Å². The van der Waals surface area contributed by atoms with Crippen LogP contribution in [0.5, 0.6) is 11.5 Å². The first-order valence-electron chi connectivity index (χ1n) is 16.7. The summed E-state index contributed by atoms with van der Waals surface area (Å²) in [6.07, 6.45) is 7.84. The first-order valence-corrected chi connectivity index (χ1v) is 18.1. The smallest absolute Gasteiger partial charge is 0.119 e. The molecule has 0 atom stereocenters. The van der Waals surface area contributed by atoms with Crippen LogP contribution >= 0.6 is 0 Å². The molecule has 238 valence electrons. The summed E-state index contributed by atoms with van der Waals surface area (Å²) in [5, 5.41) is 1.00. The minimum atomic E-state index is -0.928. The minimum Gasteiger partial charge on any atom is -0.494 e. The molecule has 1 heterocycles. The van der Waals surface area contributed by atoms with E-state index in [4.69, 9.17) is 9.47 Å². The Kier molecular flexibility index (Phi) is 12.3. The van der Waals surface area contributed by atoms with Crippen molar-refractivity contribution in [2.45, 2.75) is 37.7 Å². The van der Waals surface area contributed by atoms with Crippen molar-refractivity contribution in [3.05, 3.63) is 181 Å². The second kappa shape index (κ2) is 17.2. The molecule has 0 N–H and O–H groups in total. The number of imidazole rings is 1. The summed E-state index contributed by atoms with van der Waals surface area (Å²) in [6.45, 7) is 5.67. The monoisotopic (exact) mass is 636 g/mol. The van der Waals surface area contributed by atoms with Crippen LogP contribution in [0.4, 0.5) is 0 Å². The minimum absolute atomic E-state index is 0.380. The molecule has 0 fully saturated rings. The summed E-state index contributed by atoms with van der Waals surface area (Å²) >= 11 is 0. The lowest BCUT2D eigenvalue weighted by atomic mass is 9.76. The lowest BCUT2D eigenvalue weighted by molar-refractivity contribution is 0.316. The van der Waals surface area contributed by atoms with Crippen LogP contribution in [0.3, 0.4) is 0 Å². The standard InChI is InChI=1S/C28H32N2O2Si.C13H13B/c1-3-18-31-25-12-8-10-23(20-25)28(30-17-16-29-22-30,33-27-14-6-5-7-15-27)24-11-9-13-26(21-24)32-19-4-2;14-13(11-7-3-1-4-8-11)12-9-5-2-6-10-12/h5-17,20-22H,3-4,18-19,33H2,1-2H3;1-10,13H,14H2. The number of hydrogen-bond acceptors (Lipinski definition) is 3. The molecule has 0 spiro atoms. The maximum atomic E-state index is 6.04. The van der Waals surface area contributed by atoms with Gasteiger partial charge in [-0.2, -0.15) is 0 Å². The van der Waals surface area contributed by atoms with Crippen LogP contribution in [-0.2, 0) is 5.16 Å². The molecule has 0 aliphatic carbocycles. The highest BCUT2D eigenvalue weighted by Crippen LogP contribution is 2.36. The van der Waals surface area contributed by atoms with E-state index in [0.717, 1.165) is 24.3 Å². The lowest BCUT2D eigenvalue weighted by Gasteiger charge is -2.37. The van der Waals surface area contributed by atoms with Crippen LogP contribution in [0.25, 0.3) is 0 Å². The Labute approximate surface area is 283 Å². The van der Waals surface area contributed by atoms with Gasteiger partial charge in [0.1, 0.15) is 19.3 Å². The molecule has 47 heavy (non-hydrogen) atoms. The molecule has 6 aromatic rings. The SMILES string of the molecule is BC(c1ccccc1)c1ccccc1.CCCOc1cccc(C([SiH2]c2ccccc2)(c2cccc(OCCC)c2)n2ccnc2)c1. The molecule has 5 aromatic carbocycles. The normalized spacial score (nSPS) is 11.3. The largest absolute Gasteiger partial charge is 0.494 e. The van der Waals surface area contributed by atoms with Crippen molar-refractivity contribution < 1.29 is 9.47 Å². The molecule has 6 heteroatoms. The summed E-state index contributed by atoms with van der Waals surface area (Å²) < 4.78 is 14.3. The van der Waals surface area contributed by atoms with Crippen LogP contribution in [0, 0.1) is 0 Å². The first-order chi connectivity index (χ1) is 23.1. The number of hydrogen-bond donors (Lipinski definition) is 0. The summed E-state index contributed by atoms with van der Waals surface area (Å²) in [5.41, 5.74) is 5.16. The van der Waals surface area contributed by atoms with Crippen molar-refractivity contribution in [3.63, 3.8) is 0 Å². The van der Waals surface area contributed by atoms with Crippen molar-refractivity contribution >= 4 is 22.6 Å². The highest BCUT2D eigenvalue weighted by Gasteiger charge is 2.37. The fraction of sp³-hybridized carbons (Fsp3) is 0.195. The average molecular weight is 637 g/mol. The summed E-state index contributed by atoms with van der Waals surface area (Å²) in [4.78, 5) is 4.45. The fourth-order valence-electron chi connectivity index (χ4n) is 5.94. The highest BCUT2D eigenvalue weighted by molar-refractivity contribution is 6.57. The Bertz CT molecular complexity index is 1660. The quantitative estimate of drug-likeness (QED) is 0.127. The molecule has 0 unspecified atom stereocenters. The number of ether oxygens (including phenoxy) is 2. The van der Waals surface area contributed by atoms with Gasteiger partial charge < -0.3 is 14.0 Å². The molecule has 1 aromatic heterocycles. The van der Waals surface area contributed by atoms with E-state index in [9.17, 15) is 0 Å². The molecular weight excluding hydrogens is 591 g/mol. The zero-order valence-corrected chi connectivity index (χ0v) is 29.2.